The summed E-state index contributed by atoms with van der Waals surface area (Å²) in [6.07, 6.45) is 6.62. The first-order valence-corrected chi connectivity index (χ1v) is 9.43. The second-order valence-electron chi connectivity index (χ2n) is 8.90. The predicted molar refractivity (Wildman–Crippen MR) is 98.9 cm³/mol. The maximum atomic E-state index is 3.52. The molecule has 1 aliphatic carbocycles. The molecule has 2 aliphatic rings. The summed E-state index contributed by atoms with van der Waals surface area (Å²) in [7, 11) is 2.11. The Morgan fingerprint density at radius 3 is 2.48 bits per heavy atom. The van der Waals surface area contributed by atoms with Gasteiger partial charge in [-0.05, 0) is 80.7 Å². The number of benzene rings is 1. The number of nitrogens with one attached hydrogen (secondary N) is 1. The third kappa shape index (κ3) is 3.64. The molecule has 1 aromatic carbocycles. The van der Waals surface area contributed by atoms with Gasteiger partial charge in [0.15, 0.2) is 0 Å². The Balaban J connectivity index is 1.70. The second kappa shape index (κ2) is 6.57. The van der Waals surface area contributed by atoms with E-state index in [1.54, 1.807) is 11.1 Å². The lowest BCUT2D eigenvalue weighted by Crippen LogP contribution is -2.46. The van der Waals surface area contributed by atoms with Crippen LogP contribution in [0.25, 0.3) is 0 Å². The summed E-state index contributed by atoms with van der Waals surface area (Å²) in [5, 5.41) is 3.52. The molecule has 1 atom stereocenters. The minimum atomic E-state index is 0.447. The number of nitrogens with zero attached hydrogens (tertiary/aromatic N) is 1. The van der Waals surface area contributed by atoms with Crippen molar-refractivity contribution in [3.63, 3.8) is 0 Å². The minimum absolute atomic E-state index is 0.447. The van der Waals surface area contributed by atoms with Crippen LogP contribution in [0, 0.1) is 5.41 Å². The van der Waals surface area contributed by atoms with Gasteiger partial charge in [-0.15, -0.1) is 0 Å². The quantitative estimate of drug-likeness (QED) is 0.883. The summed E-state index contributed by atoms with van der Waals surface area (Å²) in [5.41, 5.74) is 4.10. The molecular weight excluding hydrogens is 280 g/mol. The highest BCUT2D eigenvalue weighted by Crippen LogP contribution is 2.47. The molecule has 0 aromatic heterocycles. The molecule has 1 saturated heterocycles. The first-order valence-electron chi connectivity index (χ1n) is 9.43. The standard InChI is InChI=1S/C21H34N2/c1-20(2,3)11-14-23-15-12-21(13-16-23)10-9-19(22-4)17-7-5-6-8-18(17)21/h5-8,19,22H,9-16H2,1-4H3. The van der Waals surface area contributed by atoms with Crippen molar-refractivity contribution in [2.45, 2.75) is 64.3 Å². The highest BCUT2D eigenvalue weighted by atomic mass is 15.1. The van der Waals surface area contributed by atoms with Crippen molar-refractivity contribution in [3.05, 3.63) is 35.4 Å². The van der Waals surface area contributed by atoms with E-state index in [0.717, 1.165) is 0 Å². The van der Waals surface area contributed by atoms with Crippen molar-refractivity contribution in [1.82, 2.24) is 10.2 Å². The lowest BCUT2D eigenvalue weighted by Gasteiger charge is -2.47. The van der Waals surface area contributed by atoms with E-state index < -0.39 is 0 Å². The van der Waals surface area contributed by atoms with E-state index in [9.17, 15) is 0 Å². The van der Waals surface area contributed by atoms with Gasteiger partial charge in [-0.2, -0.15) is 0 Å². The highest BCUT2D eigenvalue weighted by Gasteiger charge is 2.41. The predicted octanol–water partition coefficient (Wildman–Crippen LogP) is 4.51. The fourth-order valence-electron chi connectivity index (χ4n) is 4.51. The van der Waals surface area contributed by atoms with Crippen LogP contribution in [0.5, 0.6) is 0 Å². The van der Waals surface area contributed by atoms with Gasteiger partial charge in [-0.25, -0.2) is 0 Å². The van der Waals surface area contributed by atoms with Crippen molar-refractivity contribution in [1.29, 1.82) is 0 Å². The van der Waals surface area contributed by atoms with E-state index in [4.69, 9.17) is 0 Å². The average molecular weight is 315 g/mol. The molecule has 1 aromatic rings. The molecule has 2 nitrogen and oxygen atoms in total. The Kier molecular flexibility index (Phi) is 4.85. The van der Waals surface area contributed by atoms with E-state index in [0.29, 0.717) is 16.9 Å². The van der Waals surface area contributed by atoms with Crippen LogP contribution in [-0.2, 0) is 5.41 Å². The maximum Gasteiger partial charge on any atom is 0.0320 e. The van der Waals surface area contributed by atoms with Crippen LogP contribution in [0.2, 0.25) is 0 Å². The molecule has 0 radical (unpaired) electrons. The summed E-state index contributed by atoms with van der Waals surface area (Å²) in [6, 6.07) is 9.76. The van der Waals surface area contributed by atoms with Crippen LogP contribution in [0.15, 0.2) is 24.3 Å². The van der Waals surface area contributed by atoms with Crippen molar-refractivity contribution in [2.24, 2.45) is 5.41 Å². The molecule has 1 aliphatic heterocycles. The molecule has 1 spiro atoms. The van der Waals surface area contributed by atoms with Gasteiger partial charge in [-0.1, -0.05) is 45.0 Å². The van der Waals surface area contributed by atoms with E-state index in [2.05, 4.69) is 62.3 Å². The summed E-state index contributed by atoms with van der Waals surface area (Å²) in [6.45, 7) is 10.9. The van der Waals surface area contributed by atoms with Gasteiger partial charge in [0.05, 0.1) is 0 Å². The van der Waals surface area contributed by atoms with Gasteiger partial charge in [0.2, 0.25) is 0 Å². The highest BCUT2D eigenvalue weighted by molar-refractivity contribution is 5.39. The normalized spacial score (nSPS) is 24.6. The molecule has 1 N–H and O–H groups in total. The number of likely N-dealkylation sites (tertiary alicyclic amines) is 1. The Hall–Kier alpha value is -0.860. The van der Waals surface area contributed by atoms with Gasteiger partial charge in [0.25, 0.3) is 0 Å². The maximum absolute atomic E-state index is 3.52. The van der Waals surface area contributed by atoms with Gasteiger partial charge in [0, 0.05) is 6.04 Å². The molecule has 0 amide bonds. The number of hydrogen-bond donors (Lipinski definition) is 1. The van der Waals surface area contributed by atoms with Crippen molar-refractivity contribution in [2.75, 3.05) is 26.7 Å². The van der Waals surface area contributed by atoms with E-state index >= 15 is 0 Å². The first kappa shape index (κ1) is 17.0. The Morgan fingerprint density at radius 2 is 1.83 bits per heavy atom. The summed E-state index contributed by atoms with van der Waals surface area (Å²) in [4.78, 5) is 2.70. The van der Waals surface area contributed by atoms with Gasteiger partial charge in [-0.3, -0.25) is 0 Å². The fraction of sp³-hybridized carbons (Fsp3) is 0.714. The van der Waals surface area contributed by atoms with Gasteiger partial charge < -0.3 is 10.2 Å². The zero-order valence-electron chi connectivity index (χ0n) is 15.5. The van der Waals surface area contributed by atoms with Crippen LogP contribution in [-0.4, -0.2) is 31.6 Å². The van der Waals surface area contributed by atoms with Crippen LogP contribution in [0.4, 0.5) is 0 Å². The molecular formula is C21H34N2. The summed E-state index contributed by atoms with van der Waals surface area (Å²) < 4.78 is 0. The fourth-order valence-corrected chi connectivity index (χ4v) is 4.51. The minimum Gasteiger partial charge on any atom is -0.313 e. The van der Waals surface area contributed by atoms with Crippen LogP contribution in [0.1, 0.15) is 70.0 Å². The van der Waals surface area contributed by atoms with Gasteiger partial charge >= 0.3 is 0 Å². The summed E-state index contributed by atoms with van der Waals surface area (Å²) >= 11 is 0. The van der Waals surface area contributed by atoms with E-state index in [-0.39, 0.29) is 0 Å². The van der Waals surface area contributed by atoms with Crippen molar-refractivity contribution < 1.29 is 0 Å². The number of hydrogen-bond acceptors (Lipinski definition) is 2. The lowest BCUT2D eigenvalue weighted by atomic mass is 9.63. The monoisotopic (exact) mass is 314 g/mol. The SMILES string of the molecule is CNC1CCC2(CCN(CCC(C)(C)C)CC2)c2ccccc21. The molecule has 1 heterocycles. The molecule has 1 unspecified atom stereocenters. The molecule has 128 valence electrons. The van der Waals surface area contributed by atoms with Crippen LogP contribution in [0.3, 0.4) is 0 Å². The first-order chi connectivity index (χ1) is 10.9. The average Bonchev–Trinajstić information content (AvgIpc) is 2.54. The zero-order valence-corrected chi connectivity index (χ0v) is 15.5. The van der Waals surface area contributed by atoms with E-state index in [1.165, 1.54) is 51.7 Å². The molecule has 0 bridgehead atoms. The Morgan fingerprint density at radius 1 is 1.13 bits per heavy atom. The molecule has 23 heavy (non-hydrogen) atoms. The third-order valence-electron chi connectivity index (χ3n) is 6.16. The molecule has 0 saturated carbocycles. The van der Waals surface area contributed by atoms with Crippen molar-refractivity contribution in [3.8, 4) is 0 Å². The smallest absolute Gasteiger partial charge is 0.0320 e. The Labute approximate surface area is 142 Å². The van der Waals surface area contributed by atoms with Gasteiger partial charge in [0.1, 0.15) is 0 Å². The zero-order chi connectivity index (χ0) is 16.5. The number of rotatable bonds is 3. The third-order valence-corrected chi connectivity index (χ3v) is 6.16. The number of piperidine rings is 1. The van der Waals surface area contributed by atoms with E-state index in [1.807, 2.05) is 0 Å². The van der Waals surface area contributed by atoms with Crippen LogP contribution < -0.4 is 5.32 Å². The molecule has 1 fully saturated rings. The lowest BCUT2D eigenvalue weighted by molar-refractivity contribution is 0.127. The second-order valence-corrected chi connectivity index (χ2v) is 8.90. The summed E-state index contributed by atoms with van der Waals surface area (Å²) in [5.74, 6) is 0. The number of fused-ring (bicyclic) bond motifs is 2. The Bertz CT molecular complexity index is 521. The topological polar surface area (TPSA) is 15.3 Å². The van der Waals surface area contributed by atoms with Crippen molar-refractivity contribution >= 4 is 0 Å². The van der Waals surface area contributed by atoms with Crippen LogP contribution >= 0.6 is 0 Å². The largest absolute Gasteiger partial charge is 0.313 e. The molecule has 2 heteroatoms. The molecule has 3 rings (SSSR count).